The van der Waals surface area contributed by atoms with Crippen LogP contribution in [0, 0.1) is 6.92 Å². The number of sulfone groups is 1. The highest BCUT2D eigenvalue weighted by atomic mass is 32.2. The van der Waals surface area contributed by atoms with Gasteiger partial charge in [0.2, 0.25) is 0 Å². The number of nitrogens with zero attached hydrogens (tertiary/aromatic N) is 2. The number of carbonyl (C=O) groups is 2. The summed E-state index contributed by atoms with van der Waals surface area (Å²) >= 11 is 0. The molecule has 9 heteroatoms. The monoisotopic (exact) mass is 479 g/mol. The summed E-state index contributed by atoms with van der Waals surface area (Å²) in [5, 5.41) is 3.30. The molecule has 0 atom stereocenters. The van der Waals surface area contributed by atoms with Crippen LogP contribution in [0.15, 0.2) is 59.5 Å². The summed E-state index contributed by atoms with van der Waals surface area (Å²) < 4.78 is 32.1. The Morgan fingerprint density at radius 1 is 1.06 bits per heavy atom. The summed E-state index contributed by atoms with van der Waals surface area (Å²) in [6.45, 7) is 2.24. The average molecular weight is 480 g/mol. The summed E-state index contributed by atoms with van der Waals surface area (Å²) in [6.07, 6.45) is 2.54. The number of amides is 3. The number of para-hydroxylation sites is 1. The number of benzene rings is 2. The molecule has 176 valence electrons. The zero-order valence-corrected chi connectivity index (χ0v) is 19.6. The molecule has 8 nitrogen and oxygen atoms in total. The molecule has 34 heavy (non-hydrogen) atoms. The lowest BCUT2D eigenvalue weighted by atomic mass is 9.97. The third-order valence-corrected chi connectivity index (χ3v) is 8.23. The van der Waals surface area contributed by atoms with Crippen LogP contribution in [-0.2, 0) is 21.2 Å². The number of ether oxygens (including phenoxy) is 1. The van der Waals surface area contributed by atoms with Crippen molar-refractivity contribution in [2.45, 2.75) is 49.6 Å². The second-order valence-electron chi connectivity index (χ2n) is 8.87. The number of rotatable bonds is 6. The molecule has 1 saturated carbocycles. The Labute approximate surface area is 197 Å². The summed E-state index contributed by atoms with van der Waals surface area (Å²) in [5.41, 5.74) is 1.74. The van der Waals surface area contributed by atoms with Gasteiger partial charge in [0.25, 0.3) is 5.91 Å². The van der Waals surface area contributed by atoms with Crippen molar-refractivity contribution in [3.05, 3.63) is 65.9 Å². The SMILES string of the molecule is Cc1cc(COc2ccc(S(=O)(=O)CN3C(=O)NC(=O)C34CCCC4)cc2)c2ccccc2n1. The lowest BCUT2D eigenvalue weighted by Gasteiger charge is -2.30. The van der Waals surface area contributed by atoms with Crippen LogP contribution in [0.2, 0.25) is 0 Å². The van der Waals surface area contributed by atoms with Gasteiger partial charge < -0.3 is 4.74 Å². The van der Waals surface area contributed by atoms with Gasteiger partial charge in [-0.3, -0.25) is 20.0 Å². The predicted octanol–water partition coefficient (Wildman–Crippen LogP) is 3.72. The first-order chi connectivity index (χ1) is 16.3. The van der Waals surface area contributed by atoms with E-state index in [1.165, 1.54) is 17.0 Å². The van der Waals surface area contributed by atoms with Crippen LogP contribution in [0.3, 0.4) is 0 Å². The number of fused-ring (bicyclic) bond motifs is 1. The van der Waals surface area contributed by atoms with Crippen molar-refractivity contribution in [3.8, 4) is 5.75 Å². The molecule has 5 rings (SSSR count). The van der Waals surface area contributed by atoms with Crippen LogP contribution >= 0.6 is 0 Å². The van der Waals surface area contributed by atoms with Gasteiger partial charge in [-0.2, -0.15) is 0 Å². The number of aromatic nitrogens is 1. The third-order valence-electron chi connectivity index (χ3n) is 6.64. The van der Waals surface area contributed by atoms with Crippen LogP contribution in [-0.4, -0.2) is 41.7 Å². The fraction of sp³-hybridized carbons (Fsp3) is 0.320. The van der Waals surface area contributed by atoms with Crippen LogP contribution in [0.5, 0.6) is 5.75 Å². The van der Waals surface area contributed by atoms with Crippen molar-refractivity contribution in [2.75, 3.05) is 5.88 Å². The quantitative estimate of drug-likeness (QED) is 0.540. The minimum atomic E-state index is -3.83. The smallest absolute Gasteiger partial charge is 0.325 e. The van der Waals surface area contributed by atoms with Crippen LogP contribution < -0.4 is 10.1 Å². The highest BCUT2D eigenvalue weighted by molar-refractivity contribution is 7.91. The summed E-state index contributed by atoms with van der Waals surface area (Å²) in [6, 6.07) is 15.3. The highest BCUT2D eigenvalue weighted by Crippen LogP contribution is 2.39. The van der Waals surface area contributed by atoms with Gasteiger partial charge in [-0.15, -0.1) is 0 Å². The number of imide groups is 1. The van der Waals surface area contributed by atoms with E-state index in [0.717, 1.165) is 35.0 Å². The van der Waals surface area contributed by atoms with E-state index in [1.807, 2.05) is 37.3 Å². The molecule has 3 amide bonds. The second-order valence-corrected chi connectivity index (χ2v) is 10.8. The lowest BCUT2D eigenvalue weighted by Crippen LogP contribution is -2.49. The van der Waals surface area contributed by atoms with Gasteiger partial charge in [-0.1, -0.05) is 31.0 Å². The number of aryl methyl sites for hydroxylation is 1. The van der Waals surface area contributed by atoms with Gasteiger partial charge in [0.1, 0.15) is 23.8 Å². The van der Waals surface area contributed by atoms with E-state index in [1.54, 1.807) is 12.1 Å². The fourth-order valence-corrected chi connectivity index (χ4v) is 6.30. The fourth-order valence-electron chi connectivity index (χ4n) is 4.90. The molecule has 1 N–H and O–H groups in total. The number of hydrogen-bond donors (Lipinski definition) is 1. The number of hydrogen-bond acceptors (Lipinski definition) is 6. The van der Waals surface area contributed by atoms with Crippen molar-refractivity contribution in [2.24, 2.45) is 0 Å². The minimum absolute atomic E-state index is 0.0744. The van der Waals surface area contributed by atoms with Crippen molar-refractivity contribution in [1.82, 2.24) is 15.2 Å². The Hall–Kier alpha value is -3.46. The molecule has 0 unspecified atom stereocenters. The van der Waals surface area contributed by atoms with E-state index in [-0.39, 0.29) is 4.90 Å². The Morgan fingerprint density at radius 3 is 2.50 bits per heavy atom. The maximum Gasteiger partial charge on any atom is 0.325 e. The zero-order valence-electron chi connectivity index (χ0n) is 18.8. The summed E-state index contributed by atoms with van der Waals surface area (Å²) in [5.74, 6) is -0.403. The first-order valence-electron chi connectivity index (χ1n) is 11.2. The predicted molar refractivity (Wildman–Crippen MR) is 126 cm³/mol. The van der Waals surface area contributed by atoms with Crippen molar-refractivity contribution < 1.29 is 22.7 Å². The summed E-state index contributed by atoms with van der Waals surface area (Å²) in [7, 11) is -3.83. The molecule has 1 spiro atoms. The number of urea groups is 1. The molecule has 1 aromatic heterocycles. The molecule has 2 heterocycles. The van der Waals surface area contributed by atoms with E-state index in [2.05, 4.69) is 10.3 Å². The molecule has 2 aromatic carbocycles. The Balaban J connectivity index is 1.31. The Morgan fingerprint density at radius 2 is 1.76 bits per heavy atom. The van der Waals surface area contributed by atoms with E-state index < -0.39 is 33.2 Å². The normalized spacial score (nSPS) is 17.5. The number of pyridine rings is 1. The average Bonchev–Trinajstić information content (AvgIpc) is 3.39. The molecule has 1 saturated heterocycles. The molecular weight excluding hydrogens is 454 g/mol. The van der Waals surface area contributed by atoms with Crippen LogP contribution in [0.1, 0.15) is 36.9 Å². The largest absolute Gasteiger partial charge is 0.489 e. The van der Waals surface area contributed by atoms with Crippen LogP contribution in [0.4, 0.5) is 4.79 Å². The van der Waals surface area contributed by atoms with E-state index >= 15 is 0 Å². The topological polar surface area (TPSA) is 106 Å². The summed E-state index contributed by atoms with van der Waals surface area (Å²) in [4.78, 5) is 30.5. The molecule has 1 aliphatic carbocycles. The molecule has 3 aromatic rings. The van der Waals surface area contributed by atoms with Gasteiger partial charge >= 0.3 is 6.03 Å². The first kappa shape index (κ1) is 22.3. The van der Waals surface area contributed by atoms with Gasteiger partial charge in [0, 0.05) is 16.6 Å². The molecule has 2 fully saturated rings. The van der Waals surface area contributed by atoms with Crippen molar-refractivity contribution in [1.29, 1.82) is 0 Å². The second kappa shape index (κ2) is 8.39. The maximum absolute atomic E-state index is 13.1. The van der Waals surface area contributed by atoms with Gasteiger partial charge in [0.05, 0.1) is 10.4 Å². The molecule has 1 aliphatic heterocycles. The Bertz CT molecular complexity index is 1380. The number of carbonyl (C=O) groups excluding carboxylic acids is 2. The molecule has 0 radical (unpaired) electrons. The van der Waals surface area contributed by atoms with Gasteiger partial charge in [-0.25, -0.2) is 13.2 Å². The van der Waals surface area contributed by atoms with Crippen molar-refractivity contribution in [3.63, 3.8) is 0 Å². The highest BCUT2D eigenvalue weighted by Gasteiger charge is 2.55. The van der Waals surface area contributed by atoms with E-state index in [4.69, 9.17) is 4.74 Å². The minimum Gasteiger partial charge on any atom is -0.489 e. The van der Waals surface area contributed by atoms with E-state index in [9.17, 15) is 18.0 Å². The Kier molecular flexibility index (Phi) is 5.51. The van der Waals surface area contributed by atoms with Crippen LogP contribution in [0.25, 0.3) is 10.9 Å². The maximum atomic E-state index is 13.1. The molecule has 2 aliphatic rings. The van der Waals surface area contributed by atoms with E-state index in [0.29, 0.717) is 25.2 Å². The third kappa shape index (κ3) is 3.90. The van der Waals surface area contributed by atoms with Gasteiger partial charge in [0.15, 0.2) is 9.84 Å². The van der Waals surface area contributed by atoms with Gasteiger partial charge in [-0.05, 0) is 56.2 Å². The lowest BCUT2D eigenvalue weighted by molar-refractivity contribution is -0.126. The zero-order chi connectivity index (χ0) is 23.9. The number of nitrogens with one attached hydrogen (secondary N) is 1. The molecular formula is C25H25N3O5S. The molecule has 0 bridgehead atoms. The first-order valence-corrected chi connectivity index (χ1v) is 12.9. The van der Waals surface area contributed by atoms with Crippen molar-refractivity contribution >= 4 is 32.7 Å². The standard InChI is InChI=1S/C25H25N3O5S/c1-17-14-18(21-6-2-3-7-22(21)26-17)15-33-19-8-10-20(11-9-19)34(31,32)16-28-24(30)27-23(29)25(28)12-4-5-13-25/h2-3,6-11,14H,4-5,12-13,15-16H2,1H3,(H,27,29,30).